The number of hydrogen-bond acceptors (Lipinski definition) is 3. The van der Waals surface area contributed by atoms with E-state index in [1.165, 1.54) is 23.1 Å². The fourth-order valence-electron chi connectivity index (χ4n) is 1.97. The Morgan fingerprint density at radius 1 is 1.45 bits per heavy atom. The zero-order valence-corrected chi connectivity index (χ0v) is 10.8. The van der Waals surface area contributed by atoms with Crippen molar-refractivity contribution >= 4 is 16.9 Å². The molecule has 3 rings (SSSR count). The smallest absolute Gasteiger partial charge is 0.289 e. The van der Waals surface area contributed by atoms with Crippen LogP contribution in [0.4, 0.5) is 4.39 Å². The molecule has 0 aliphatic heterocycles. The first-order valence-corrected chi connectivity index (χ1v) is 6.06. The summed E-state index contributed by atoms with van der Waals surface area (Å²) in [5.74, 6) is 0.213. The second kappa shape index (κ2) is 4.80. The van der Waals surface area contributed by atoms with E-state index in [4.69, 9.17) is 4.42 Å². The summed E-state index contributed by atoms with van der Waals surface area (Å²) in [6.45, 7) is 0.344. The quantitative estimate of drug-likeness (QED) is 0.797. The monoisotopic (exact) mass is 273 g/mol. The van der Waals surface area contributed by atoms with Gasteiger partial charge in [0.1, 0.15) is 11.6 Å². The molecule has 0 fully saturated rings. The van der Waals surface area contributed by atoms with Crippen molar-refractivity contribution in [1.82, 2.24) is 14.9 Å². The third kappa shape index (κ3) is 2.27. The SMILES string of the molecule is CN(Cc1ccco1)C(=O)c1nc2ccc(F)cc2[nH]1. The van der Waals surface area contributed by atoms with Crippen LogP contribution in [0, 0.1) is 5.82 Å². The van der Waals surface area contributed by atoms with Crippen LogP contribution in [0.15, 0.2) is 41.0 Å². The molecule has 1 amide bonds. The van der Waals surface area contributed by atoms with Gasteiger partial charge in [-0.2, -0.15) is 0 Å². The number of aromatic nitrogens is 2. The number of imidazole rings is 1. The Bertz CT molecular complexity index is 749. The molecule has 5 nitrogen and oxygen atoms in total. The molecule has 20 heavy (non-hydrogen) atoms. The van der Waals surface area contributed by atoms with Crippen LogP contribution in [0.3, 0.4) is 0 Å². The van der Waals surface area contributed by atoms with Gasteiger partial charge in [0.05, 0.1) is 23.8 Å². The standard InChI is InChI=1S/C14H12FN3O2/c1-18(8-10-3-2-6-20-10)14(19)13-16-11-5-4-9(15)7-12(11)17-13/h2-7H,8H2,1H3,(H,16,17). The minimum atomic E-state index is -0.371. The first-order chi connectivity index (χ1) is 9.63. The van der Waals surface area contributed by atoms with Gasteiger partial charge in [-0.05, 0) is 30.3 Å². The van der Waals surface area contributed by atoms with Crippen molar-refractivity contribution in [2.45, 2.75) is 6.54 Å². The largest absolute Gasteiger partial charge is 0.467 e. The summed E-state index contributed by atoms with van der Waals surface area (Å²) >= 11 is 0. The number of amides is 1. The molecule has 0 spiro atoms. The number of nitrogens with zero attached hydrogens (tertiary/aromatic N) is 2. The maximum atomic E-state index is 13.1. The van der Waals surface area contributed by atoms with Crippen molar-refractivity contribution < 1.29 is 13.6 Å². The number of halogens is 1. The normalized spacial score (nSPS) is 10.9. The van der Waals surface area contributed by atoms with Crippen molar-refractivity contribution in [3.63, 3.8) is 0 Å². The van der Waals surface area contributed by atoms with Gasteiger partial charge >= 0.3 is 0 Å². The number of fused-ring (bicyclic) bond motifs is 1. The molecule has 1 aromatic carbocycles. The number of benzene rings is 1. The summed E-state index contributed by atoms with van der Waals surface area (Å²) in [7, 11) is 1.65. The third-order valence-electron chi connectivity index (χ3n) is 2.97. The molecule has 0 radical (unpaired) electrons. The van der Waals surface area contributed by atoms with Crippen LogP contribution in [-0.4, -0.2) is 27.8 Å². The van der Waals surface area contributed by atoms with Crippen LogP contribution in [0.2, 0.25) is 0 Å². The molecule has 102 valence electrons. The molecule has 0 saturated carbocycles. The zero-order valence-electron chi connectivity index (χ0n) is 10.8. The summed E-state index contributed by atoms with van der Waals surface area (Å²) in [5, 5.41) is 0. The Labute approximate surface area is 114 Å². The highest BCUT2D eigenvalue weighted by molar-refractivity contribution is 5.93. The highest BCUT2D eigenvalue weighted by atomic mass is 19.1. The van der Waals surface area contributed by atoms with Crippen LogP contribution in [0.25, 0.3) is 11.0 Å². The zero-order chi connectivity index (χ0) is 14.1. The van der Waals surface area contributed by atoms with Crippen LogP contribution in [-0.2, 0) is 6.54 Å². The van der Waals surface area contributed by atoms with Gasteiger partial charge in [-0.1, -0.05) is 0 Å². The van der Waals surface area contributed by atoms with E-state index in [2.05, 4.69) is 9.97 Å². The number of furan rings is 1. The molecule has 6 heteroatoms. The van der Waals surface area contributed by atoms with Gasteiger partial charge in [0, 0.05) is 7.05 Å². The van der Waals surface area contributed by atoms with E-state index >= 15 is 0 Å². The lowest BCUT2D eigenvalue weighted by Gasteiger charge is -2.13. The van der Waals surface area contributed by atoms with Crippen molar-refractivity contribution in [3.8, 4) is 0 Å². The van der Waals surface area contributed by atoms with Crippen molar-refractivity contribution in [3.05, 3.63) is 54.0 Å². The molecule has 2 heterocycles. The minimum Gasteiger partial charge on any atom is -0.467 e. The molecule has 1 N–H and O–H groups in total. The van der Waals surface area contributed by atoms with Crippen molar-refractivity contribution in [1.29, 1.82) is 0 Å². The molecule has 0 unspecified atom stereocenters. The summed E-state index contributed by atoms with van der Waals surface area (Å²) < 4.78 is 18.3. The van der Waals surface area contributed by atoms with E-state index in [-0.39, 0.29) is 17.5 Å². The predicted octanol–water partition coefficient (Wildman–Crippen LogP) is 2.57. The molecule has 0 bridgehead atoms. The number of aromatic amines is 1. The first kappa shape index (κ1) is 12.4. The summed E-state index contributed by atoms with van der Waals surface area (Å²) in [6, 6.07) is 7.70. The lowest BCUT2D eigenvalue weighted by atomic mass is 10.3. The van der Waals surface area contributed by atoms with Gasteiger partial charge in [-0.25, -0.2) is 9.37 Å². The molecule has 0 aliphatic rings. The number of nitrogens with one attached hydrogen (secondary N) is 1. The van der Waals surface area contributed by atoms with E-state index in [0.717, 1.165) is 0 Å². The van der Waals surface area contributed by atoms with Gasteiger partial charge in [0.25, 0.3) is 5.91 Å². The van der Waals surface area contributed by atoms with E-state index in [0.29, 0.717) is 23.3 Å². The average Bonchev–Trinajstić information content (AvgIpc) is 3.06. The van der Waals surface area contributed by atoms with Crippen molar-refractivity contribution in [2.24, 2.45) is 0 Å². The Morgan fingerprint density at radius 2 is 2.30 bits per heavy atom. The van der Waals surface area contributed by atoms with Gasteiger partial charge in [-0.15, -0.1) is 0 Å². The Kier molecular flexibility index (Phi) is 2.98. The van der Waals surface area contributed by atoms with Crippen LogP contribution >= 0.6 is 0 Å². The van der Waals surface area contributed by atoms with Crippen LogP contribution in [0.1, 0.15) is 16.4 Å². The van der Waals surface area contributed by atoms with E-state index < -0.39 is 0 Å². The summed E-state index contributed by atoms with van der Waals surface area (Å²) in [5.41, 5.74) is 1.06. The first-order valence-electron chi connectivity index (χ1n) is 6.06. The third-order valence-corrected chi connectivity index (χ3v) is 2.97. The number of H-pyrrole nitrogens is 1. The lowest BCUT2D eigenvalue weighted by Crippen LogP contribution is -2.26. The molecular weight excluding hydrogens is 261 g/mol. The van der Waals surface area contributed by atoms with Gasteiger partial charge in [-0.3, -0.25) is 4.79 Å². The molecule has 3 aromatic rings. The van der Waals surface area contributed by atoms with Crippen LogP contribution < -0.4 is 0 Å². The van der Waals surface area contributed by atoms with Gasteiger partial charge in [0.15, 0.2) is 5.82 Å². The maximum Gasteiger partial charge on any atom is 0.289 e. The average molecular weight is 273 g/mol. The summed E-state index contributed by atoms with van der Waals surface area (Å²) in [6.07, 6.45) is 1.55. The lowest BCUT2D eigenvalue weighted by molar-refractivity contribution is 0.0765. The number of hydrogen-bond donors (Lipinski definition) is 1. The second-order valence-electron chi connectivity index (χ2n) is 4.49. The Morgan fingerprint density at radius 3 is 3.05 bits per heavy atom. The number of carbonyl (C=O) groups excluding carboxylic acids is 1. The minimum absolute atomic E-state index is 0.180. The fourth-order valence-corrected chi connectivity index (χ4v) is 1.97. The fraction of sp³-hybridized carbons (Fsp3) is 0.143. The number of carbonyl (C=O) groups is 1. The molecule has 0 saturated heterocycles. The second-order valence-corrected chi connectivity index (χ2v) is 4.49. The summed E-state index contributed by atoms with van der Waals surface area (Å²) in [4.78, 5) is 20.7. The van der Waals surface area contributed by atoms with E-state index in [1.54, 1.807) is 25.4 Å². The Hall–Kier alpha value is -2.63. The molecule has 0 aliphatic carbocycles. The molecular formula is C14H12FN3O2. The van der Waals surface area contributed by atoms with Gasteiger partial charge in [0.2, 0.25) is 0 Å². The topological polar surface area (TPSA) is 62.1 Å². The van der Waals surface area contributed by atoms with E-state index in [9.17, 15) is 9.18 Å². The van der Waals surface area contributed by atoms with Crippen molar-refractivity contribution in [2.75, 3.05) is 7.05 Å². The number of rotatable bonds is 3. The van der Waals surface area contributed by atoms with E-state index in [1.807, 2.05) is 0 Å². The molecule has 2 aromatic heterocycles. The van der Waals surface area contributed by atoms with Gasteiger partial charge < -0.3 is 14.3 Å². The maximum absolute atomic E-state index is 13.1. The highest BCUT2D eigenvalue weighted by Gasteiger charge is 2.17. The van der Waals surface area contributed by atoms with Crippen LogP contribution in [0.5, 0.6) is 0 Å². The predicted molar refractivity (Wildman–Crippen MR) is 70.6 cm³/mol. The Balaban J connectivity index is 1.84. The highest BCUT2D eigenvalue weighted by Crippen LogP contribution is 2.14. The molecule has 0 atom stereocenters.